The molecule has 2 aromatic heterocycles. The number of pyridine rings is 2. The highest BCUT2D eigenvalue weighted by Crippen LogP contribution is 2.28. The van der Waals surface area contributed by atoms with E-state index in [9.17, 15) is 18.0 Å². The van der Waals surface area contributed by atoms with Crippen molar-refractivity contribution in [3.8, 4) is 5.75 Å². The average Bonchev–Trinajstić information content (AvgIpc) is 2.80. The Labute approximate surface area is 213 Å². The lowest BCUT2D eigenvalue weighted by Crippen LogP contribution is -2.24. The summed E-state index contributed by atoms with van der Waals surface area (Å²) in [6.07, 6.45) is 1.19. The number of amides is 1. The number of halogens is 1. The smallest absolute Gasteiger partial charge is 0.244 e. The van der Waals surface area contributed by atoms with E-state index in [1.54, 1.807) is 50.2 Å². The summed E-state index contributed by atoms with van der Waals surface area (Å²) < 4.78 is 33.6. The summed E-state index contributed by atoms with van der Waals surface area (Å²) in [6.45, 7) is 4.99. The van der Waals surface area contributed by atoms with E-state index in [-0.39, 0.29) is 22.5 Å². The number of carbonyl (C=O) groups excluding carboxylic acids is 1. The predicted octanol–water partition coefficient (Wildman–Crippen LogP) is 4.46. The summed E-state index contributed by atoms with van der Waals surface area (Å²) in [5.74, 6) is 0.00125. The summed E-state index contributed by atoms with van der Waals surface area (Å²) in [5.41, 5.74) is 2.01. The van der Waals surface area contributed by atoms with Gasteiger partial charge in [0.2, 0.25) is 21.2 Å². The maximum atomic E-state index is 13.6. The third kappa shape index (κ3) is 4.84. The Kier molecular flexibility index (Phi) is 6.88. The molecular weight excluding hydrogens is 502 g/mol. The molecule has 1 amide bonds. The zero-order valence-electron chi connectivity index (χ0n) is 20.1. The van der Waals surface area contributed by atoms with Gasteiger partial charge < -0.3 is 14.6 Å². The second kappa shape index (κ2) is 9.75. The zero-order chi connectivity index (χ0) is 26.2. The number of nitrogens with one attached hydrogen (secondary N) is 1. The van der Waals surface area contributed by atoms with Crippen molar-refractivity contribution in [2.45, 2.75) is 37.1 Å². The van der Waals surface area contributed by atoms with E-state index in [4.69, 9.17) is 16.3 Å². The topological polar surface area (TPSA) is 107 Å². The molecule has 0 spiro atoms. The predicted molar refractivity (Wildman–Crippen MR) is 139 cm³/mol. The van der Waals surface area contributed by atoms with Gasteiger partial charge in [0.05, 0.1) is 22.4 Å². The SMILES string of the molecule is COc1ccc(NC(=O)Cn2cc(S(=O)(=O)c3ccc(C)cc3C)c(=O)c3ccc(C)nc32)cc1Cl. The standard InChI is InChI=1S/C26H24ClN3O5S/c1-15-5-10-22(16(2)11-15)36(33,34)23-13-30(26-19(25(23)32)8-6-17(3)28-26)14-24(31)29-18-7-9-21(35-4)20(27)12-18/h5-13H,14H2,1-4H3,(H,29,31). The van der Waals surface area contributed by atoms with Crippen LogP contribution in [0.3, 0.4) is 0 Å². The summed E-state index contributed by atoms with van der Waals surface area (Å²) in [5, 5.41) is 3.15. The van der Waals surface area contributed by atoms with Crippen LogP contribution in [0.1, 0.15) is 16.8 Å². The number of sulfone groups is 1. The molecule has 0 aliphatic rings. The third-order valence-electron chi connectivity index (χ3n) is 5.69. The average molecular weight is 526 g/mol. The fraction of sp³-hybridized carbons (Fsp3) is 0.192. The molecule has 186 valence electrons. The fourth-order valence-corrected chi connectivity index (χ4v) is 5.81. The molecule has 0 saturated carbocycles. The minimum atomic E-state index is -4.17. The number of fused-ring (bicyclic) bond motifs is 1. The first-order chi connectivity index (χ1) is 17.0. The Bertz CT molecular complexity index is 1680. The fourth-order valence-electron chi connectivity index (χ4n) is 3.96. The Hall–Kier alpha value is -3.69. The summed E-state index contributed by atoms with van der Waals surface area (Å²) in [6, 6.07) is 12.8. The van der Waals surface area contributed by atoms with Crippen molar-refractivity contribution in [2.24, 2.45) is 0 Å². The Morgan fingerprint density at radius 2 is 1.81 bits per heavy atom. The summed E-state index contributed by atoms with van der Waals surface area (Å²) >= 11 is 6.14. The van der Waals surface area contributed by atoms with Crippen molar-refractivity contribution in [1.29, 1.82) is 0 Å². The highest BCUT2D eigenvalue weighted by atomic mass is 35.5. The molecule has 2 aromatic carbocycles. The van der Waals surface area contributed by atoms with Gasteiger partial charge >= 0.3 is 0 Å². The van der Waals surface area contributed by atoms with Crippen LogP contribution in [0.2, 0.25) is 5.02 Å². The first-order valence-electron chi connectivity index (χ1n) is 11.0. The molecule has 0 atom stereocenters. The largest absolute Gasteiger partial charge is 0.495 e. The van der Waals surface area contributed by atoms with E-state index in [0.717, 1.165) is 5.56 Å². The van der Waals surface area contributed by atoms with E-state index in [2.05, 4.69) is 10.3 Å². The quantitative estimate of drug-likeness (QED) is 0.398. The van der Waals surface area contributed by atoms with Gasteiger partial charge in [-0.25, -0.2) is 13.4 Å². The second-order valence-electron chi connectivity index (χ2n) is 8.44. The number of carbonyl (C=O) groups is 1. The van der Waals surface area contributed by atoms with Crippen LogP contribution in [0, 0.1) is 20.8 Å². The third-order valence-corrected chi connectivity index (χ3v) is 7.89. The van der Waals surface area contributed by atoms with E-state index >= 15 is 0 Å². The van der Waals surface area contributed by atoms with E-state index in [1.165, 1.54) is 30.0 Å². The first-order valence-corrected chi connectivity index (χ1v) is 12.8. The zero-order valence-corrected chi connectivity index (χ0v) is 21.7. The van der Waals surface area contributed by atoms with E-state index in [1.807, 2.05) is 6.92 Å². The maximum Gasteiger partial charge on any atom is 0.244 e. The van der Waals surface area contributed by atoms with Crippen LogP contribution in [-0.2, 0) is 21.2 Å². The summed E-state index contributed by atoms with van der Waals surface area (Å²) in [7, 11) is -2.69. The number of aromatic nitrogens is 2. The number of hydrogen-bond acceptors (Lipinski definition) is 6. The van der Waals surface area contributed by atoms with Crippen molar-refractivity contribution < 1.29 is 17.9 Å². The molecular formula is C26H24ClN3O5S. The molecule has 8 nitrogen and oxygen atoms in total. The molecule has 0 radical (unpaired) electrons. The highest BCUT2D eigenvalue weighted by molar-refractivity contribution is 7.91. The monoisotopic (exact) mass is 525 g/mol. The molecule has 2 heterocycles. The van der Waals surface area contributed by atoms with Gasteiger partial charge in [-0.1, -0.05) is 29.3 Å². The number of aryl methyl sites for hydroxylation is 3. The lowest BCUT2D eigenvalue weighted by atomic mass is 10.2. The molecule has 10 heteroatoms. The molecule has 4 rings (SSSR count). The number of nitrogens with zero attached hydrogens (tertiary/aromatic N) is 2. The number of rotatable bonds is 6. The van der Waals surface area contributed by atoms with E-state index < -0.39 is 26.1 Å². The van der Waals surface area contributed by atoms with Crippen molar-refractivity contribution in [2.75, 3.05) is 12.4 Å². The lowest BCUT2D eigenvalue weighted by molar-refractivity contribution is -0.116. The molecule has 0 aliphatic heterocycles. The molecule has 0 unspecified atom stereocenters. The van der Waals surface area contributed by atoms with E-state index in [0.29, 0.717) is 27.7 Å². The second-order valence-corrected chi connectivity index (χ2v) is 10.7. The van der Waals surface area contributed by atoms with Crippen LogP contribution in [0.4, 0.5) is 5.69 Å². The van der Waals surface area contributed by atoms with Crippen LogP contribution >= 0.6 is 11.6 Å². The Morgan fingerprint density at radius 1 is 1.06 bits per heavy atom. The van der Waals surface area contributed by atoms with Crippen molar-refractivity contribution in [1.82, 2.24) is 9.55 Å². The molecule has 1 N–H and O–H groups in total. The highest BCUT2D eigenvalue weighted by Gasteiger charge is 2.26. The number of hydrogen-bond donors (Lipinski definition) is 1. The maximum absolute atomic E-state index is 13.6. The minimum Gasteiger partial charge on any atom is -0.495 e. The van der Waals surface area contributed by atoms with Gasteiger partial charge in [-0.05, 0) is 62.7 Å². The van der Waals surface area contributed by atoms with Crippen LogP contribution in [0.15, 0.2) is 69.3 Å². The van der Waals surface area contributed by atoms with Gasteiger partial charge in [0, 0.05) is 17.6 Å². The molecule has 4 aromatic rings. The van der Waals surface area contributed by atoms with Crippen molar-refractivity contribution >= 4 is 44.1 Å². The van der Waals surface area contributed by atoms with Gasteiger partial charge in [0.25, 0.3) is 0 Å². The molecule has 0 fully saturated rings. The Balaban J connectivity index is 1.80. The van der Waals surface area contributed by atoms with Crippen LogP contribution in [-0.4, -0.2) is 31.0 Å². The van der Waals surface area contributed by atoms with Crippen LogP contribution in [0.5, 0.6) is 5.75 Å². The number of methoxy groups -OCH3 is 1. The van der Waals surface area contributed by atoms with Crippen molar-refractivity contribution in [3.63, 3.8) is 0 Å². The minimum absolute atomic E-state index is 0.0356. The molecule has 36 heavy (non-hydrogen) atoms. The number of anilines is 1. The Morgan fingerprint density at radius 3 is 2.47 bits per heavy atom. The van der Waals surface area contributed by atoms with Crippen LogP contribution in [0.25, 0.3) is 11.0 Å². The summed E-state index contributed by atoms with van der Waals surface area (Å²) in [4.78, 5) is 30.2. The molecule has 0 saturated heterocycles. The normalized spacial score (nSPS) is 11.5. The molecule has 0 bridgehead atoms. The van der Waals surface area contributed by atoms with Gasteiger partial charge in [0.15, 0.2) is 0 Å². The number of benzene rings is 2. The van der Waals surface area contributed by atoms with Crippen LogP contribution < -0.4 is 15.5 Å². The molecule has 0 aliphatic carbocycles. The van der Waals surface area contributed by atoms with Gasteiger partial charge in [-0.2, -0.15) is 0 Å². The van der Waals surface area contributed by atoms with Crippen molar-refractivity contribution in [3.05, 3.63) is 86.8 Å². The van der Waals surface area contributed by atoms with Gasteiger partial charge in [-0.3, -0.25) is 9.59 Å². The van der Waals surface area contributed by atoms with Gasteiger partial charge in [-0.15, -0.1) is 0 Å². The number of ether oxygens (including phenoxy) is 1. The van der Waals surface area contributed by atoms with Gasteiger partial charge in [0.1, 0.15) is 22.8 Å². The lowest BCUT2D eigenvalue weighted by Gasteiger charge is -2.15. The first kappa shape index (κ1) is 25.4.